The molecule has 1 aliphatic heterocycles. The summed E-state index contributed by atoms with van der Waals surface area (Å²) in [4.78, 5) is 16.5. The van der Waals surface area contributed by atoms with Crippen molar-refractivity contribution in [3.8, 4) is 28.6 Å². The van der Waals surface area contributed by atoms with Crippen molar-refractivity contribution in [1.29, 1.82) is 5.26 Å². The van der Waals surface area contributed by atoms with Gasteiger partial charge in [0.15, 0.2) is 5.65 Å². The molecule has 7 nitrogen and oxygen atoms in total. The first-order chi connectivity index (χ1) is 16.1. The Morgan fingerprint density at radius 1 is 1.06 bits per heavy atom. The largest absolute Gasteiger partial charge is 0.355 e. The molecule has 4 aromatic rings. The molecule has 8 heteroatoms. The molecule has 3 aromatic heterocycles. The number of aryl methyl sites for hydroxylation is 1. The average Bonchev–Trinajstić information content (AvgIpc) is 3.23. The van der Waals surface area contributed by atoms with Crippen LogP contribution in [0, 0.1) is 23.1 Å². The number of hydrogen-bond acceptors (Lipinski definition) is 6. The number of benzene rings is 1. The molecular weight excluding hydrogens is 417 g/mol. The van der Waals surface area contributed by atoms with Gasteiger partial charge in [0.1, 0.15) is 17.7 Å². The molecule has 4 heterocycles. The lowest BCUT2D eigenvalue weighted by Crippen LogP contribution is -2.34. The smallest absolute Gasteiger partial charge is 0.157 e. The first-order valence-corrected chi connectivity index (χ1v) is 11.2. The zero-order chi connectivity index (χ0) is 22.9. The Morgan fingerprint density at radius 3 is 2.61 bits per heavy atom. The number of anilines is 1. The first-order valence-electron chi connectivity index (χ1n) is 11.2. The fourth-order valence-corrected chi connectivity index (χ4v) is 4.44. The topological polar surface area (TPSA) is 83.5 Å². The number of rotatable bonds is 4. The Balaban J connectivity index is 1.61. The molecule has 1 aromatic carbocycles. The molecule has 0 N–H and O–H groups in total. The molecule has 1 saturated heterocycles. The highest BCUT2D eigenvalue weighted by Crippen LogP contribution is 2.33. The second-order valence-corrected chi connectivity index (χ2v) is 8.48. The standard InChI is InChI=1S/C25H24FN7/c1-3-16-6-8-33(9-7-16)22-15-28-23(19-10-20-14-30-32(2)25(20)29-13-19)24(31-22)17-4-5-18(12-27)21(26)11-17/h4-5,10-11,13-16H,3,6-9H2,1-2H3. The van der Waals surface area contributed by atoms with Gasteiger partial charge >= 0.3 is 0 Å². The molecule has 0 amide bonds. The summed E-state index contributed by atoms with van der Waals surface area (Å²) < 4.78 is 16.2. The molecule has 0 spiro atoms. The maximum absolute atomic E-state index is 14.5. The minimum Gasteiger partial charge on any atom is -0.355 e. The van der Waals surface area contributed by atoms with Crippen LogP contribution in [0.2, 0.25) is 0 Å². The minimum absolute atomic E-state index is 0.00416. The van der Waals surface area contributed by atoms with E-state index in [2.05, 4.69) is 21.9 Å². The molecule has 0 saturated carbocycles. The van der Waals surface area contributed by atoms with E-state index in [0.29, 0.717) is 17.0 Å². The number of nitrogens with zero attached hydrogens (tertiary/aromatic N) is 7. The summed E-state index contributed by atoms with van der Waals surface area (Å²) in [7, 11) is 1.84. The van der Waals surface area contributed by atoms with Crippen molar-refractivity contribution in [1.82, 2.24) is 24.7 Å². The Kier molecular flexibility index (Phi) is 5.47. The SMILES string of the molecule is CCC1CCN(c2cnc(-c3cnc4c(cnn4C)c3)c(-c3ccc(C#N)c(F)c3)n2)CC1. The van der Waals surface area contributed by atoms with Crippen molar-refractivity contribution < 1.29 is 4.39 Å². The van der Waals surface area contributed by atoms with Gasteiger partial charge in [-0.1, -0.05) is 19.4 Å². The van der Waals surface area contributed by atoms with Crippen molar-refractivity contribution in [2.45, 2.75) is 26.2 Å². The van der Waals surface area contributed by atoms with Crippen molar-refractivity contribution in [3.05, 3.63) is 54.2 Å². The second-order valence-electron chi connectivity index (χ2n) is 8.48. The van der Waals surface area contributed by atoms with E-state index in [1.165, 1.54) is 18.6 Å². The molecule has 1 fully saturated rings. The maximum atomic E-state index is 14.5. The van der Waals surface area contributed by atoms with Gasteiger partial charge in [-0.25, -0.2) is 14.4 Å². The third-order valence-corrected chi connectivity index (χ3v) is 6.48. The van der Waals surface area contributed by atoms with Gasteiger partial charge in [0.05, 0.1) is 29.3 Å². The van der Waals surface area contributed by atoms with E-state index in [1.807, 2.05) is 19.2 Å². The van der Waals surface area contributed by atoms with Crippen LogP contribution in [-0.2, 0) is 7.05 Å². The van der Waals surface area contributed by atoms with Crippen LogP contribution in [0.1, 0.15) is 31.7 Å². The van der Waals surface area contributed by atoms with Crippen molar-refractivity contribution >= 4 is 16.9 Å². The lowest BCUT2D eigenvalue weighted by Gasteiger charge is -2.32. The lowest BCUT2D eigenvalue weighted by atomic mass is 9.94. The van der Waals surface area contributed by atoms with Crippen molar-refractivity contribution in [2.24, 2.45) is 13.0 Å². The number of hydrogen-bond donors (Lipinski definition) is 0. The second kappa shape index (κ2) is 8.58. The van der Waals surface area contributed by atoms with Gasteiger partial charge in [-0.15, -0.1) is 0 Å². The molecule has 0 aliphatic carbocycles. The van der Waals surface area contributed by atoms with Gasteiger partial charge in [0, 0.05) is 42.8 Å². The maximum Gasteiger partial charge on any atom is 0.157 e. The monoisotopic (exact) mass is 441 g/mol. The zero-order valence-electron chi connectivity index (χ0n) is 18.7. The summed E-state index contributed by atoms with van der Waals surface area (Å²) in [6, 6.07) is 8.41. The quantitative estimate of drug-likeness (QED) is 0.455. The van der Waals surface area contributed by atoms with Gasteiger partial charge in [0.25, 0.3) is 0 Å². The molecular formula is C25H24FN7. The number of fused-ring (bicyclic) bond motifs is 1. The Hall–Kier alpha value is -3.86. The Morgan fingerprint density at radius 2 is 1.88 bits per heavy atom. The van der Waals surface area contributed by atoms with Gasteiger partial charge in [-0.05, 0) is 37.0 Å². The highest BCUT2D eigenvalue weighted by atomic mass is 19.1. The van der Waals surface area contributed by atoms with E-state index in [1.54, 1.807) is 29.3 Å². The number of piperidine rings is 1. The number of halogens is 1. The van der Waals surface area contributed by atoms with Crippen LogP contribution in [0.5, 0.6) is 0 Å². The van der Waals surface area contributed by atoms with Crippen LogP contribution in [0.4, 0.5) is 10.2 Å². The summed E-state index contributed by atoms with van der Waals surface area (Å²) in [5.74, 6) is 0.957. The highest BCUT2D eigenvalue weighted by Gasteiger charge is 2.22. The van der Waals surface area contributed by atoms with Crippen molar-refractivity contribution in [3.63, 3.8) is 0 Å². The summed E-state index contributed by atoms with van der Waals surface area (Å²) in [5, 5.41) is 14.3. The van der Waals surface area contributed by atoms with Crippen molar-refractivity contribution in [2.75, 3.05) is 18.0 Å². The van der Waals surface area contributed by atoms with E-state index in [4.69, 9.17) is 15.2 Å². The predicted octanol–water partition coefficient (Wildman–Crippen LogP) is 4.73. The van der Waals surface area contributed by atoms with E-state index in [0.717, 1.165) is 54.3 Å². The molecule has 33 heavy (non-hydrogen) atoms. The first kappa shape index (κ1) is 21.0. The van der Waals surface area contributed by atoms with Gasteiger partial charge in [-0.3, -0.25) is 9.67 Å². The highest BCUT2D eigenvalue weighted by molar-refractivity contribution is 5.85. The number of aromatic nitrogens is 5. The van der Waals surface area contributed by atoms with E-state index in [9.17, 15) is 4.39 Å². The fraction of sp³-hybridized carbons (Fsp3) is 0.320. The summed E-state index contributed by atoms with van der Waals surface area (Å²) in [6.45, 7) is 4.09. The van der Waals surface area contributed by atoms with E-state index >= 15 is 0 Å². The van der Waals surface area contributed by atoms with Crippen LogP contribution in [-0.4, -0.2) is 37.8 Å². The van der Waals surface area contributed by atoms with Crippen LogP contribution < -0.4 is 4.90 Å². The zero-order valence-corrected chi connectivity index (χ0v) is 18.7. The minimum atomic E-state index is -0.572. The van der Waals surface area contributed by atoms with E-state index < -0.39 is 5.82 Å². The fourth-order valence-electron chi connectivity index (χ4n) is 4.44. The molecule has 0 unspecified atom stereocenters. The Bertz CT molecular complexity index is 1360. The third kappa shape index (κ3) is 3.91. The van der Waals surface area contributed by atoms with Crippen LogP contribution >= 0.6 is 0 Å². The normalized spacial score (nSPS) is 14.5. The number of nitriles is 1. The average molecular weight is 442 g/mol. The van der Waals surface area contributed by atoms with Crippen LogP contribution in [0.25, 0.3) is 33.5 Å². The predicted molar refractivity (Wildman–Crippen MR) is 125 cm³/mol. The van der Waals surface area contributed by atoms with E-state index in [-0.39, 0.29) is 5.56 Å². The van der Waals surface area contributed by atoms with Gasteiger partial charge < -0.3 is 4.90 Å². The molecule has 5 rings (SSSR count). The molecule has 0 radical (unpaired) electrons. The molecule has 0 bridgehead atoms. The van der Waals surface area contributed by atoms with Crippen LogP contribution in [0.15, 0.2) is 42.9 Å². The lowest BCUT2D eigenvalue weighted by molar-refractivity contribution is 0.393. The van der Waals surface area contributed by atoms with Crippen LogP contribution in [0.3, 0.4) is 0 Å². The number of pyridine rings is 1. The summed E-state index contributed by atoms with van der Waals surface area (Å²) in [6.07, 6.45) is 8.73. The van der Waals surface area contributed by atoms with Gasteiger partial charge in [0.2, 0.25) is 0 Å². The molecule has 166 valence electrons. The summed E-state index contributed by atoms with van der Waals surface area (Å²) in [5.41, 5.74) is 3.31. The summed E-state index contributed by atoms with van der Waals surface area (Å²) >= 11 is 0. The molecule has 1 aliphatic rings. The Labute approximate surface area is 191 Å². The third-order valence-electron chi connectivity index (χ3n) is 6.48. The molecule has 0 atom stereocenters. The van der Waals surface area contributed by atoms with Gasteiger partial charge in [-0.2, -0.15) is 10.4 Å².